The molecule has 0 saturated carbocycles. The van der Waals surface area contributed by atoms with Crippen LogP contribution in [0.4, 0.5) is 0 Å². The van der Waals surface area contributed by atoms with E-state index < -0.39 is 10.0 Å². The topological polar surface area (TPSA) is 40.6 Å². The van der Waals surface area contributed by atoms with Gasteiger partial charge in [0.05, 0.1) is 5.75 Å². The van der Waals surface area contributed by atoms with Gasteiger partial charge in [0.1, 0.15) is 0 Å². The molecule has 4 nitrogen and oxygen atoms in total. The minimum absolute atomic E-state index is 0.271. The van der Waals surface area contributed by atoms with Gasteiger partial charge in [0, 0.05) is 25.7 Å². The van der Waals surface area contributed by atoms with Crippen LogP contribution in [0.2, 0.25) is 0 Å². The Morgan fingerprint density at radius 3 is 2.68 bits per heavy atom. The number of hydrogen-bond donors (Lipinski definition) is 0. The predicted octanol–water partition coefficient (Wildman–Crippen LogP) is 2.37. The van der Waals surface area contributed by atoms with E-state index in [1.165, 1.54) is 5.56 Å². The highest BCUT2D eigenvalue weighted by Crippen LogP contribution is 2.18. The fraction of sp³-hybridized carbons (Fsp3) is 0.647. The van der Waals surface area contributed by atoms with Gasteiger partial charge in [-0.15, -0.1) is 0 Å². The fourth-order valence-corrected chi connectivity index (χ4v) is 4.63. The zero-order valence-corrected chi connectivity index (χ0v) is 14.6. The first-order valence-electron chi connectivity index (χ1n) is 8.25. The molecule has 1 aliphatic heterocycles. The average molecular weight is 324 g/mol. The molecule has 5 heteroatoms. The summed E-state index contributed by atoms with van der Waals surface area (Å²) in [5.74, 6) is 0.271. The van der Waals surface area contributed by atoms with Crippen molar-refractivity contribution < 1.29 is 8.42 Å². The second kappa shape index (κ2) is 8.09. The van der Waals surface area contributed by atoms with E-state index in [2.05, 4.69) is 36.2 Å². The maximum absolute atomic E-state index is 12.2. The summed E-state index contributed by atoms with van der Waals surface area (Å²) in [6, 6.07) is 10.8. The molecule has 1 unspecified atom stereocenters. The van der Waals surface area contributed by atoms with Crippen molar-refractivity contribution in [2.75, 3.05) is 32.4 Å². The molecule has 124 valence electrons. The van der Waals surface area contributed by atoms with Gasteiger partial charge in [-0.05, 0) is 38.3 Å². The molecule has 1 saturated heterocycles. The molecule has 1 fully saturated rings. The average Bonchev–Trinajstić information content (AvgIpc) is 2.53. The van der Waals surface area contributed by atoms with Crippen molar-refractivity contribution in [1.29, 1.82) is 0 Å². The van der Waals surface area contributed by atoms with Crippen molar-refractivity contribution in [1.82, 2.24) is 9.21 Å². The fourth-order valence-electron chi connectivity index (χ4n) is 3.05. The second-order valence-corrected chi connectivity index (χ2v) is 8.27. The molecule has 2 rings (SSSR count). The summed E-state index contributed by atoms with van der Waals surface area (Å²) in [6.45, 7) is 4.22. The van der Waals surface area contributed by atoms with E-state index in [0.29, 0.717) is 25.6 Å². The van der Waals surface area contributed by atoms with Crippen LogP contribution in [0, 0.1) is 0 Å². The van der Waals surface area contributed by atoms with Gasteiger partial charge in [0.15, 0.2) is 0 Å². The highest BCUT2D eigenvalue weighted by atomic mass is 32.2. The Bertz CT molecular complexity index is 545. The Labute approximate surface area is 135 Å². The Hall–Kier alpha value is -0.910. The third-order valence-electron chi connectivity index (χ3n) is 4.43. The summed E-state index contributed by atoms with van der Waals surface area (Å²) in [6.07, 6.45) is 3.75. The number of hydrogen-bond acceptors (Lipinski definition) is 3. The molecule has 0 radical (unpaired) electrons. The first-order valence-corrected chi connectivity index (χ1v) is 9.86. The molecule has 1 aromatic carbocycles. The summed E-state index contributed by atoms with van der Waals surface area (Å²) in [5.41, 5.74) is 1.33. The number of sulfonamides is 1. The number of nitrogens with zero attached hydrogens (tertiary/aromatic N) is 2. The third kappa shape index (κ3) is 4.80. The van der Waals surface area contributed by atoms with Crippen LogP contribution in [0.15, 0.2) is 30.3 Å². The summed E-state index contributed by atoms with van der Waals surface area (Å²) < 4.78 is 26.2. The Morgan fingerprint density at radius 2 is 2.00 bits per heavy atom. The first-order chi connectivity index (χ1) is 10.5. The highest BCUT2D eigenvalue weighted by molar-refractivity contribution is 7.89. The number of benzene rings is 1. The van der Waals surface area contributed by atoms with Crippen LogP contribution < -0.4 is 0 Å². The second-order valence-electron chi connectivity index (χ2n) is 6.19. The Kier molecular flexibility index (Phi) is 6.41. The maximum atomic E-state index is 12.2. The predicted molar refractivity (Wildman–Crippen MR) is 91.4 cm³/mol. The van der Waals surface area contributed by atoms with Crippen LogP contribution in [-0.4, -0.2) is 56.1 Å². The molecule has 1 aromatic rings. The zero-order chi connectivity index (χ0) is 16.0. The van der Waals surface area contributed by atoms with E-state index in [4.69, 9.17) is 0 Å². The van der Waals surface area contributed by atoms with Gasteiger partial charge in [0.25, 0.3) is 0 Å². The van der Waals surface area contributed by atoms with Gasteiger partial charge in [-0.25, -0.2) is 12.7 Å². The van der Waals surface area contributed by atoms with E-state index >= 15 is 0 Å². The number of likely N-dealkylation sites (N-methyl/N-ethyl adjacent to an activating group) is 1. The van der Waals surface area contributed by atoms with Crippen LogP contribution in [-0.2, 0) is 16.4 Å². The van der Waals surface area contributed by atoms with E-state index in [0.717, 1.165) is 25.8 Å². The normalized spacial score (nSPS) is 20.4. The summed E-state index contributed by atoms with van der Waals surface area (Å²) >= 11 is 0. The molecular formula is C17H28N2O2S. The van der Waals surface area contributed by atoms with E-state index in [1.807, 2.05) is 13.0 Å². The number of rotatable bonds is 7. The van der Waals surface area contributed by atoms with Crippen LogP contribution >= 0.6 is 0 Å². The van der Waals surface area contributed by atoms with Crippen molar-refractivity contribution in [3.8, 4) is 0 Å². The smallest absolute Gasteiger partial charge is 0.214 e. The van der Waals surface area contributed by atoms with Crippen molar-refractivity contribution in [2.45, 2.75) is 38.6 Å². The molecular weight excluding hydrogens is 296 g/mol. The van der Waals surface area contributed by atoms with Crippen molar-refractivity contribution in [3.05, 3.63) is 35.9 Å². The van der Waals surface area contributed by atoms with E-state index in [9.17, 15) is 8.42 Å². The van der Waals surface area contributed by atoms with Crippen LogP contribution in [0.1, 0.15) is 31.7 Å². The van der Waals surface area contributed by atoms with Gasteiger partial charge >= 0.3 is 0 Å². The summed E-state index contributed by atoms with van der Waals surface area (Å²) in [4.78, 5) is 2.32. The molecule has 22 heavy (non-hydrogen) atoms. The van der Waals surface area contributed by atoms with Crippen LogP contribution in [0.5, 0.6) is 0 Å². The molecule has 0 bridgehead atoms. The molecule has 0 aliphatic carbocycles. The van der Waals surface area contributed by atoms with Crippen molar-refractivity contribution in [2.24, 2.45) is 0 Å². The zero-order valence-electron chi connectivity index (χ0n) is 13.7. The summed E-state index contributed by atoms with van der Waals surface area (Å²) in [5, 5.41) is 0. The van der Waals surface area contributed by atoms with Gasteiger partial charge in [-0.2, -0.15) is 0 Å². The minimum Gasteiger partial charge on any atom is -0.302 e. The van der Waals surface area contributed by atoms with Gasteiger partial charge in [0.2, 0.25) is 10.0 Å². The molecule has 1 heterocycles. The molecule has 0 amide bonds. The first kappa shape index (κ1) is 17.4. The lowest BCUT2D eigenvalue weighted by Crippen LogP contribution is -2.49. The molecule has 1 atom stereocenters. The lowest BCUT2D eigenvalue weighted by molar-refractivity contribution is 0.164. The van der Waals surface area contributed by atoms with Crippen LogP contribution in [0.3, 0.4) is 0 Å². The summed E-state index contributed by atoms with van der Waals surface area (Å²) in [7, 11) is -0.946. The Balaban J connectivity index is 1.88. The van der Waals surface area contributed by atoms with Gasteiger partial charge in [-0.1, -0.05) is 37.3 Å². The quantitative estimate of drug-likeness (QED) is 0.773. The van der Waals surface area contributed by atoms with Gasteiger partial charge < -0.3 is 4.90 Å². The maximum Gasteiger partial charge on any atom is 0.214 e. The van der Waals surface area contributed by atoms with Crippen molar-refractivity contribution >= 4 is 10.0 Å². The lowest BCUT2D eigenvalue weighted by Gasteiger charge is -2.37. The minimum atomic E-state index is -3.06. The highest BCUT2D eigenvalue weighted by Gasteiger charge is 2.29. The third-order valence-corrected chi connectivity index (χ3v) is 6.48. The Morgan fingerprint density at radius 1 is 1.27 bits per heavy atom. The van der Waals surface area contributed by atoms with E-state index in [-0.39, 0.29) is 5.75 Å². The lowest BCUT2D eigenvalue weighted by atomic mass is 10.1. The molecule has 0 spiro atoms. The molecule has 0 N–H and O–H groups in total. The van der Waals surface area contributed by atoms with Gasteiger partial charge in [-0.3, -0.25) is 0 Å². The number of piperidine rings is 1. The van der Waals surface area contributed by atoms with E-state index in [1.54, 1.807) is 4.31 Å². The van der Waals surface area contributed by atoms with Crippen molar-refractivity contribution in [3.63, 3.8) is 0 Å². The monoisotopic (exact) mass is 324 g/mol. The standard InChI is InChI=1S/C17H28N2O2S/c1-3-14-22(20,21)19-12-7-10-17(15-19)18(2)13-11-16-8-5-4-6-9-16/h4-6,8-9,17H,3,7,10-15H2,1-2H3. The van der Waals surface area contributed by atoms with Crippen LogP contribution in [0.25, 0.3) is 0 Å². The molecule has 0 aromatic heterocycles. The SMILES string of the molecule is CCCS(=O)(=O)N1CCCC(N(C)CCc2ccccc2)C1. The largest absolute Gasteiger partial charge is 0.302 e. The molecule has 1 aliphatic rings.